The number of hydrogen-bond acceptors (Lipinski definition) is 4. The summed E-state index contributed by atoms with van der Waals surface area (Å²) in [5, 5.41) is 2.59. The van der Waals surface area contributed by atoms with Gasteiger partial charge < -0.3 is 10.1 Å². The number of hydrogen-bond donors (Lipinski definition) is 1. The Kier molecular flexibility index (Phi) is 3.75. The van der Waals surface area contributed by atoms with Gasteiger partial charge >= 0.3 is 0 Å². The number of carbonyl (C=O) groups is 1. The number of methoxy groups -OCH3 is 1. The van der Waals surface area contributed by atoms with Gasteiger partial charge in [0.05, 0.1) is 24.2 Å². The minimum atomic E-state index is -3.07. The molecular weight excluding hydrogens is 273 g/mol. The second-order valence-corrected chi connectivity index (χ2v) is 6.65. The van der Waals surface area contributed by atoms with Gasteiger partial charge in [0.15, 0.2) is 9.84 Å². The van der Waals surface area contributed by atoms with Crippen molar-refractivity contribution in [1.82, 2.24) is 5.32 Å². The van der Waals surface area contributed by atoms with Crippen molar-refractivity contribution in [2.75, 3.05) is 18.6 Å². The second-order valence-electron chi connectivity index (χ2n) is 4.42. The van der Waals surface area contributed by atoms with Gasteiger partial charge in [-0.3, -0.25) is 4.79 Å². The number of sulfone groups is 1. The Bertz CT molecular complexity index is 600. The van der Waals surface area contributed by atoms with Crippen LogP contribution in [0.5, 0.6) is 5.75 Å². The Balaban J connectivity index is 2.14. The highest BCUT2D eigenvalue weighted by atomic mass is 32.2. The van der Waals surface area contributed by atoms with Crippen LogP contribution in [0.15, 0.2) is 18.2 Å². The zero-order chi connectivity index (χ0) is 14.0. The van der Waals surface area contributed by atoms with Crippen LogP contribution in [0, 0.1) is 5.82 Å². The van der Waals surface area contributed by atoms with E-state index < -0.39 is 27.6 Å². The van der Waals surface area contributed by atoms with Gasteiger partial charge in [-0.1, -0.05) is 0 Å². The normalized spacial score (nSPS) is 21.1. The zero-order valence-electron chi connectivity index (χ0n) is 10.3. The molecule has 1 saturated heterocycles. The van der Waals surface area contributed by atoms with Gasteiger partial charge in [-0.2, -0.15) is 0 Å². The summed E-state index contributed by atoms with van der Waals surface area (Å²) < 4.78 is 40.7. The molecule has 0 radical (unpaired) electrons. The smallest absolute Gasteiger partial charge is 0.255 e. The third-order valence-corrected chi connectivity index (χ3v) is 4.74. The fourth-order valence-electron chi connectivity index (χ4n) is 2.03. The van der Waals surface area contributed by atoms with Crippen LogP contribution in [0.1, 0.15) is 16.8 Å². The highest BCUT2D eigenvalue weighted by molar-refractivity contribution is 7.91. The topological polar surface area (TPSA) is 72.5 Å². The van der Waals surface area contributed by atoms with E-state index in [2.05, 4.69) is 5.32 Å². The molecule has 0 aliphatic carbocycles. The van der Waals surface area contributed by atoms with E-state index in [1.165, 1.54) is 19.2 Å². The van der Waals surface area contributed by atoms with Gasteiger partial charge in [0.1, 0.15) is 11.6 Å². The molecule has 5 nitrogen and oxygen atoms in total. The van der Waals surface area contributed by atoms with Crippen molar-refractivity contribution >= 4 is 15.7 Å². The molecule has 1 atom stereocenters. The predicted octanol–water partition coefficient (Wildman–Crippen LogP) is 0.751. The maximum absolute atomic E-state index is 13.1. The Morgan fingerprint density at radius 3 is 2.79 bits per heavy atom. The number of benzene rings is 1. The van der Waals surface area contributed by atoms with Crippen molar-refractivity contribution in [3.05, 3.63) is 29.6 Å². The maximum atomic E-state index is 13.1. The third kappa shape index (κ3) is 3.23. The molecule has 1 heterocycles. The molecule has 1 fully saturated rings. The fourth-order valence-corrected chi connectivity index (χ4v) is 3.70. The summed E-state index contributed by atoms with van der Waals surface area (Å²) in [5.74, 6) is -0.836. The molecule has 19 heavy (non-hydrogen) atoms. The van der Waals surface area contributed by atoms with Crippen molar-refractivity contribution in [3.8, 4) is 5.75 Å². The summed E-state index contributed by atoms with van der Waals surface area (Å²) in [4.78, 5) is 12.0. The van der Waals surface area contributed by atoms with E-state index in [4.69, 9.17) is 4.74 Å². The van der Waals surface area contributed by atoms with Gasteiger partial charge in [0.25, 0.3) is 5.91 Å². The Labute approximate surface area is 110 Å². The fraction of sp³-hybridized carbons (Fsp3) is 0.417. The monoisotopic (exact) mass is 287 g/mol. The molecule has 7 heteroatoms. The van der Waals surface area contributed by atoms with Crippen LogP contribution in [0.3, 0.4) is 0 Å². The quantitative estimate of drug-likeness (QED) is 0.890. The summed E-state index contributed by atoms with van der Waals surface area (Å²) in [5.41, 5.74) is 0.0618. The minimum Gasteiger partial charge on any atom is -0.496 e. The molecule has 0 unspecified atom stereocenters. The summed E-state index contributed by atoms with van der Waals surface area (Å²) in [6, 6.07) is 3.19. The highest BCUT2D eigenvalue weighted by Gasteiger charge is 2.29. The first kappa shape index (κ1) is 13.8. The SMILES string of the molecule is COc1ccc(F)cc1C(=O)N[C@H]1CCS(=O)(=O)C1. The molecule has 104 valence electrons. The van der Waals surface area contributed by atoms with Crippen molar-refractivity contribution in [2.45, 2.75) is 12.5 Å². The summed E-state index contributed by atoms with van der Waals surface area (Å²) in [7, 11) is -1.69. The van der Waals surface area contributed by atoms with Crippen molar-refractivity contribution in [1.29, 1.82) is 0 Å². The molecule has 1 aliphatic rings. The third-order valence-electron chi connectivity index (χ3n) is 2.97. The molecule has 0 aromatic heterocycles. The number of ether oxygens (including phenoxy) is 1. The molecule has 1 N–H and O–H groups in total. The average Bonchev–Trinajstić information content (AvgIpc) is 2.68. The predicted molar refractivity (Wildman–Crippen MR) is 67.5 cm³/mol. The van der Waals surface area contributed by atoms with E-state index in [1.807, 2.05) is 0 Å². The number of carbonyl (C=O) groups excluding carboxylic acids is 1. The van der Waals surface area contributed by atoms with Crippen LogP contribution in [0.2, 0.25) is 0 Å². The van der Waals surface area contributed by atoms with E-state index in [9.17, 15) is 17.6 Å². The Hall–Kier alpha value is -1.63. The van der Waals surface area contributed by atoms with Crippen LogP contribution < -0.4 is 10.1 Å². The number of nitrogens with one attached hydrogen (secondary N) is 1. The lowest BCUT2D eigenvalue weighted by Crippen LogP contribution is -2.35. The number of rotatable bonds is 3. The minimum absolute atomic E-state index is 0.0618. The van der Waals surface area contributed by atoms with E-state index in [0.29, 0.717) is 6.42 Å². The van der Waals surface area contributed by atoms with Crippen molar-refractivity contribution in [2.24, 2.45) is 0 Å². The van der Waals surface area contributed by atoms with E-state index in [0.717, 1.165) is 6.07 Å². The first-order valence-electron chi connectivity index (χ1n) is 5.76. The molecule has 1 amide bonds. The summed E-state index contributed by atoms with van der Waals surface area (Å²) in [6.45, 7) is 0. The maximum Gasteiger partial charge on any atom is 0.255 e. The molecular formula is C12H14FNO4S. The van der Waals surface area contributed by atoms with Crippen molar-refractivity contribution < 1.29 is 22.3 Å². The van der Waals surface area contributed by atoms with Gasteiger partial charge in [-0.25, -0.2) is 12.8 Å². The van der Waals surface area contributed by atoms with Crippen molar-refractivity contribution in [3.63, 3.8) is 0 Å². The lowest BCUT2D eigenvalue weighted by molar-refractivity contribution is 0.0937. The molecule has 0 saturated carbocycles. The molecule has 0 bridgehead atoms. The number of amides is 1. The van der Waals surface area contributed by atoms with Crippen LogP contribution in [0.25, 0.3) is 0 Å². The first-order valence-corrected chi connectivity index (χ1v) is 7.58. The molecule has 1 aromatic carbocycles. The standard InChI is InChI=1S/C12H14FNO4S/c1-18-11-3-2-8(13)6-10(11)12(15)14-9-4-5-19(16,17)7-9/h2-3,6,9H,4-5,7H2,1H3,(H,14,15)/t9-/m0/s1. The summed E-state index contributed by atoms with van der Waals surface area (Å²) >= 11 is 0. The molecule has 0 spiro atoms. The Morgan fingerprint density at radius 2 is 2.21 bits per heavy atom. The molecule has 1 aromatic rings. The van der Waals surface area contributed by atoms with Gasteiger partial charge in [0, 0.05) is 6.04 Å². The van der Waals surface area contributed by atoms with Gasteiger partial charge in [0.2, 0.25) is 0 Å². The van der Waals surface area contributed by atoms with E-state index >= 15 is 0 Å². The van der Waals surface area contributed by atoms with E-state index in [1.54, 1.807) is 0 Å². The van der Waals surface area contributed by atoms with Crippen LogP contribution in [-0.2, 0) is 9.84 Å². The van der Waals surface area contributed by atoms with Crippen LogP contribution in [0.4, 0.5) is 4.39 Å². The first-order chi connectivity index (χ1) is 8.91. The molecule has 1 aliphatic heterocycles. The van der Waals surface area contributed by atoms with Gasteiger partial charge in [-0.15, -0.1) is 0 Å². The lowest BCUT2D eigenvalue weighted by Gasteiger charge is -2.13. The highest BCUT2D eigenvalue weighted by Crippen LogP contribution is 2.20. The number of halogens is 1. The largest absolute Gasteiger partial charge is 0.496 e. The lowest BCUT2D eigenvalue weighted by atomic mass is 10.1. The van der Waals surface area contributed by atoms with Crippen LogP contribution >= 0.6 is 0 Å². The Morgan fingerprint density at radius 1 is 1.47 bits per heavy atom. The second kappa shape index (κ2) is 5.16. The van der Waals surface area contributed by atoms with Gasteiger partial charge in [-0.05, 0) is 24.6 Å². The molecule has 2 rings (SSSR count). The zero-order valence-corrected chi connectivity index (χ0v) is 11.2. The van der Waals surface area contributed by atoms with E-state index in [-0.39, 0.29) is 22.8 Å². The summed E-state index contributed by atoms with van der Waals surface area (Å²) in [6.07, 6.45) is 0.381. The average molecular weight is 287 g/mol. The van der Waals surface area contributed by atoms with Crippen LogP contribution in [-0.4, -0.2) is 39.0 Å².